The van der Waals surface area contributed by atoms with Crippen LogP contribution >= 0.6 is 11.3 Å². The van der Waals surface area contributed by atoms with Crippen molar-refractivity contribution < 1.29 is 9.53 Å². The summed E-state index contributed by atoms with van der Waals surface area (Å²) in [4.78, 5) is 22.1. The van der Waals surface area contributed by atoms with Crippen molar-refractivity contribution in [1.29, 1.82) is 0 Å². The van der Waals surface area contributed by atoms with Gasteiger partial charge in [0.15, 0.2) is 0 Å². The van der Waals surface area contributed by atoms with Crippen molar-refractivity contribution in [2.24, 2.45) is 0 Å². The second-order valence-electron chi connectivity index (χ2n) is 6.80. The van der Waals surface area contributed by atoms with Crippen molar-refractivity contribution in [3.8, 4) is 0 Å². The molecule has 0 saturated carbocycles. The number of likely N-dealkylation sites (tertiary alicyclic amines) is 1. The second-order valence-corrected chi connectivity index (χ2v) is 7.83. The van der Waals surface area contributed by atoms with Crippen LogP contribution in [0.5, 0.6) is 0 Å². The van der Waals surface area contributed by atoms with E-state index in [-0.39, 0.29) is 18.6 Å². The summed E-state index contributed by atoms with van der Waals surface area (Å²) in [6, 6.07) is 4.48. The fourth-order valence-electron chi connectivity index (χ4n) is 3.68. The predicted molar refractivity (Wildman–Crippen MR) is 96.3 cm³/mol. The van der Waals surface area contributed by atoms with E-state index < -0.39 is 0 Å². The maximum absolute atomic E-state index is 12.1. The van der Waals surface area contributed by atoms with Gasteiger partial charge in [0, 0.05) is 43.8 Å². The standard InChI is InChI=1S/C18H24N4O2S/c23-18(21-5-1-2-6-21)13-24-12-16-10-20(11-17-4-3-7-25-17)9-15-8-19-14-22(15)16/h3-4,7-8,14,16H,1-2,5-6,9-13H2/t16-/m1/s1. The van der Waals surface area contributed by atoms with Crippen molar-refractivity contribution in [3.05, 3.63) is 40.6 Å². The molecule has 2 aliphatic heterocycles. The van der Waals surface area contributed by atoms with Gasteiger partial charge < -0.3 is 14.2 Å². The molecule has 0 radical (unpaired) electrons. The summed E-state index contributed by atoms with van der Waals surface area (Å²) < 4.78 is 7.99. The number of hydrogen-bond donors (Lipinski definition) is 0. The number of hydrogen-bond acceptors (Lipinski definition) is 5. The van der Waals surface area contributed by atoms with Crippen LogP contribution in [0.1, 0.15) is 29.5 Å². The molecule has 2 aromatic rings. The highest BCUT2D eigenvalue weighted by Crippen LogP contribution is 2.24. The Kier molecular flexibility index (Phi) is 5.14. The number of amides is 1. The molecule has 2 aromatic heterocycles. The summed E-state index contributed by atoms with van der Waals surface area (Å²) in [5, 5.41) is 2.12. The van der Waals surface area contributed by atoms with E-state index >= 15 is 0 Å². The van der Waals surface area contributed by atoms with E-state index in [0.717, 1.165) is 45.6 Å². The number of aromatic nitrogens is 2. The number of fused-ring (bicyclic) bond motifs is 1. The van der Waals surface area contributed by atoms with Crippen LogP contribution in [0.25, 0.3) is 0 Å². The monoisotopic (exact) mass is 360 g/mol. The third-order valence-corrected chi connectivity index (χ3v) is 5.81. The molecule has 4 heterocycles. The Hall–Kier alpha value is -1.70. The van der Waals surface area contributed by atoms with E-state index in [1.807, 2.05) is 17.4 Å². The number of imidazole rings is 1. The second kappa shape index (κ2) is 7.68. The molecule has 0 aromatic carbocycles. The Morgan fingerprint density at radius 2 is 2.24 bits per heavy atom. The Balaban J connectivity index is 1.34. The van der Waals surface area contributed by atoms with Gasteiger partial charge >= 0.3 is 0 Å². The first-order chi connectivity index (χ1) is 12.3. The molecule has 7 heteroatoms. The SMILES string of the molecule is O=C(COC[C@H]1CN(Cc2cccs2)Cc2cncn21)N1CCCC1. The smallest absolute Gasteiger partial charge is 0.248 e. The van der Waals surface area contributed by atoms with Crippen molar-refractivity contribution >= 4 is 17.2 Å². The van der Waals surface area contributed by atoms with Crippen LogP contribution in [0.2, 0.25) is 0 Å². The minimum atomic E-state index is 0.120. The Morgan fingerprint density at radius 1 is 1.36 bits per heavy atom. The van der Waals surface area contributed by atoms with Gasteiger partial charge in [-0.1, -0.05) is 6.07 Å². The Labute approximate surface area is 152 Å². The van der Waals surface area contributed by atoms with Gasteiger partial charge in [-0.15, -0.1) is 11.3 Å². The number of ether oxygens (including phenoxy) is 1. The number of carbonyl (C=O) groups excluding carboxylic acids is 1. The average Bonchev–Trinajstić information content (AvgIpc) is 3.36. The van der Waals surface area contributed by atoms with Crippen LogP contribution in [0.15, 0.2) is 30.0 Å². The van der Waals surface area contributed by atoms with Crippen LogP contribution < -0.4 is 0 Å². The minimum absolute atomic E-state index is 0.120. The normalized spacial score (nSPS) is 20.8. The summed E-state index contributed by atoms with van der Waals surface area (Å²) >= 11 is 1.79. The molecule has 134 valence electrons. The minimum Gasteiger partial charge on any atom is -0.369 e. The summed E-state index contributed by atoms with van der Waals surface area (Å²) in [5.74, 6) is 0.120. The average molecular weight is 360 g/mol. The van der Waals surface area contributed by atoms with E-state index in [1.165, 1.54) is 10.6 Å². The zero-order valence-corrected chi connectivity index (χ0v) is 15.2. The van der Waals surface area contributed by atoms with Crippen molar-refractivity contribution in [2.45, 2.75) is 32.0 Å². The van der Waals surface area contributed by atoms with Crippen LogP contribution in [-0.4, -0.2) is 58.1 Å². The van der Waals surface area contributed by atoms with Gasteiger partial charge in [-0.25, -0.2) is 4.98 Å². The molecule has 0 spiro atoms. The highest BCUT2D eigenvalue weighted by Gasteiger charge is 2.26. The van der Waals surface area contributed by atoms with Crippen LogP contribution in [-0.2, 0) is 22.6 Å². The van der Waals surface area contributed by atoms with Crippen molar-refractivity contribution in [3.63, 3.8) is 0 Å². The number of thiophene rings is 1. The first kappa shape index (κ1) is 16.8. The van der Waals surface area contributed by atoms with E-state index in [4.69, 9.17) is 4.74 Å². The third-order valence-electron chi connectivity index (χ3n) is 4.95. The molecule has 6 nitrogen and oxygen atoms in total. The highest BCUT2D eigenvalue weighted by molar-refractivity contribution is 7.09. The summed E-state index contributed by atoms with van der Waals surface area (Å²) in [7, 11) is 0. The molecule has 1 fully saturated rings. The van der Waals surface area contributed by atoms with Gasteiger partial charge in [-0.3, -0.25) is 9.69 Å². The summed E-state index contributed by atoms with van der Waals surface area (Å²) in [6.07, 6.45) is 6.05. The third kappa shape index (κ3) is 3.94. The van der Waals surface area contributed by atoms with Crippen molar-refractivity contribution in [2.75, 3.05) is 32.8 Å². The fraction of sp³-hybridized carbons (Fsp3) is 0.556. The molecule has 0 N–H and O–H groups in total. The van der Waals surface area contributed by atoms with Gasteiger partial charge in [-0.2, -0.15) is 0 Å². The lowest BCUT2D eigenvalue weighted by atomic mass is 10.2. The number of nitrogens with zero attached hydrogens (tertiary/aromatic N) is 4. The van der Waals surface area contributed by atoms with Gasteiger partial charge in [0.25, 0.3) is 0 Å². The predicted octanol–water partition coefficient (Wildman–Crippen LogP) is 2.14. The number of carbonyl (C=O) groups is 1. The lowest BCUT2D eigenvalue weighted by Gasteiger charge is -2.34. The maximum Gasteiger partial charge on any atom is 0.248 e. The lowest BCUT2D eigenvalue weighted by Crippen LogP contribution is -2.39. The molecule has 1 atom stereocenters. The molecule has 4 rings (SSSR count). The quantitative estimate of drug-likeness (QED) is 0.792. The van der Waals surface area contributed by atoms with Crippen LogP contribution in [0, 0.1) is 0 Å². The zero-order chi connectivity index (χ0) is 17.1. The molecule has 25 heavy (non-hydrogen) atoms. The van der Waals surface area contributed by atoms with E-state index in [2.05, 4.69) is 32.0 Å². The Morgan fingerprint density at radius 3 is 3.04 bits per heavy atom. The van der Waals surface area contributed by atoms with E-state index in [0.29, 0.717) is 6.61 Å². The number of rotatable bonds is 6. The van der Waals surface area contributed by atoms with Crippen LogP contribution in [0.4, 0.5) is 0 Å². The summed E-state index contributed by atoms with van der Waals surface area (Å²) in [6.45, 7) is 5.26. The maximum atomic E-state index is 12.1. The molecule has 0 unspecified atom stereocenters. The molecular weight excluding hydrogens is 336 g/mol. The molecular formula is C18H24N4O2S. The molecule has 2 aliphatic rings. The largest absolute Gasteiger partial charge is 0.369 e. The van der Waals surface area contributed by atoms with Crippen LogP contribution in [0.3, 0.4) is 0 Å². The topological polar surface area (TPSA) is 50.6 Å². The first-order valence-electron chi connectivity index (χ1n) is 8.90. The van der Waals surface area contributed by atoms with Gasteiger partial charge in [-0.05, 0) is 24.3 Å². The molecule has 1 saturated heterocycles. The van der Waals surface area contributed by atoms with E-state index in [1.54, 1.807) is 11.3 Å². The highest BCUT2D eigenvalue weighted by atomic mass is 32.1. The van der Waals surface area contributed by atoms with Gasteiger partial charge in [0.2, 0.25) is 5.91 Å². The lowest BCUT2D eigenvalue weighted by molar-refractivity contribution is -0.135. The Bertz CT molecular complexity index is 694. The van der Waals surface area contributed by atoms with Crippen molar-refractivity contribution in [1.82, 2.24) is 19.4 Å². The van der Waals surface area contributed by atoms with E-state index in [9.17, 15) is 4.79 Å². The fourth-order valence-corrected chi connectivity index (χ4v) is 4.43. The van der Waals surface area contributed by atoms with Gasteiger partial charge in [0.05, 0.1) is 24.7 Å². The van der Waals surface area contributed by atoms with Gasteiger partial charge in [0.1, 0.15) is 6.61 Å². The molecule has 0 aliphatic carbocycles. The molecule has 1 amide bonds. The summed E-state index contributed by atoms with van der Waals surface area (Å²) in [5.41, 5.74) is 1.21. The molecule has 0 bridgehead atoms. The first-order valence-corrected chi connectivity index (χ1v) is 9.78. The zero-order valence-electron chi connectivity index (χ0n) is 14.3.